The maximum absolute atomic E-state index is 12.9. The predicted octanol–water partition coefficient (Wildman–Crippen LogP) is 3.38. The smallest absolute Gasteiger partial charge is 0.335 e. The molecule has 0 fully saturated rings. The maximum Gasteiger partial charge on any atom is 0.335 e. The van der Waals surface area contributed by atoms with Crippen molar-refractivity contribution < 1.29 is 18.4 Å². The molecule has 0 aliphatic carbocycles. The van der Waals surface area contributed by atoms with Gasteiger partial charge in [-0.2, -0.15) is 0 Å². The Morgan fingerprint density at radius 2 is 1.87 bits per heavy atom. The van der Waals surface area contributed by atoms with Gasteiger partial charge in [0.25, 0.3) is 0 Å². The van der Waals surface area contributed by atoms with Gasteiger partial charge in [-0.1, -0.05) is 18.2 Å². The second-order valence-electron chi connectivity index (χ2n) is 5.11. The minimum absolute atomic E-state index is 0.00595. The number of carbonyl (C=O) groups excluding carboxylic acids is 2. The summed E-state index contributed by atoms with van der Waals surface area (Å²) in [6.45, 7) is 0.934. The number of hydrogen-bond acceptors (Lipinski definition) is 4. The summed E-state index contributed by atoms with van der Waals surface area (Å²) < 4.78 is 27.7. The molecule has 0 aliphatic heterocycles. The first kappa shape index (κ1) is 12.6. The van der Waals surface area contributed by atoms with Crippen LogP contribution in [0.2, 0.25) is 0 Å². The number of esters is 1. The highest BCUT2D eigenvalue weighted by atomic mass is 16.5. The second-order valence-corrected chi connectivity index (χ2v) is 5.11. The molecule has 118 valence electrons. The van der Waals surface area contributed by atoms with Gasteiger partial charge in [-0.05, 0) is 43.3 Å². The summed E-state index contributed by atoms with van der Waals surface area (Å²) in [4.78, 5) is 26.3. The molecule has 0 saturated heterocycles. The van der Waals surface area contributed by atoms with Gasteiger partial charge in [-0.15, -0.1) is 0 Å². The highest BCUT2D eigenvalue weighted by molar-refractivity contribution is 6.11. The first-order valence-electron chi connectivity index (χ1n) is 8.44. The molecule has 2 rings (SSSR count). The summed E-state index contributed by atoms with van der Waals surface area (Å²) in [6, 6.07) is 10.7. The maximum atomic E-state index is 12.9. The van der Waals surface area contributed by atoms with Crippen LogP contribution in [0.15, 0.2) is 55.1 Å². The van der Waals surface area contributed by atoms with E-state index in [9.17, 15) is 9.59 Å². The Bertz CT molecular complexity index is 840. The van der Waals surface area contributed by atoms with Crippen molar-refractivity contribution in [3.8, 4) is 5.75 Å². The minimum Gasteiger partial charge on any atom is -0.423 e. The van der Waals surface area contributed by atoms with Crippen LogP contribution >= 0.6 is 0 Å². The third-order valence-electron chi connectivity index (χ3n) is 3.25. The van der Waals surface area contributed by atoms with Crippen LogP contribution in [0.4, 0.5) is 5.69 Å². The van der Waals surface area contributed by atoms with E-state index in [2.05, 4.69) is 6.58 Å². The SMILES string of the molecule is [2H]C([2H])([2H])c1ccc(OC(=O)C=C)c(C(=O)c2ccc(N(C)C)cc2)c1. The van der Waals surface area contributed by atoms with E-state index in [4.69, 9.17) is 8.85 Å². The van der Waals surface area contributed by atoms with Crippen molar-refractivity contribution in [2.75, 3.05) is 19.0 Å². The average Bonchev–Trinajstić information content (AvgIpc) is 2.60. The lowest BCUT2D eigenvalue weighted by Gasteiger charge is -2.13. The average molecular weight is 312 g/mol. The molecule has 0 aliphatic rings. The van der Waals surface area contributed by atoms with Crippen LogP contribution in [0, 0.1) is 6.85 Å². The van der Waals surface area contributed by atoms with E-state index in [1.54, 1.807) is 24.3 Å². The van der Waals surface area contributed by atoms with Gasteiger partial charge < -0.3 is 9.64 Å². The van der Waals surface area contributed by atoms with Gasteiger partial charge in [0.05, 0.1) is 5.56 Å². The van der Waals surface area contributed by atoms with E-state index in [1.807, 2.05) is 19.0 Å². The molecule has 0 radical (unpaired) electrons. The second kappa shape index (κ2) is 6.92. The molecule has 0 atom stereocenters. The molecule has 0 heterocycles. The molecule has 23 heavy (non-hydrogen) atoms. The zero-order valence-corrected chi connectivity index (χ0v) is 13.0. The van der Waals surface area contributed by atoms with Crippen LogP contribution in [0.1, 0.15) is 25.6 Å². The third-order valence-corrected chi connectivity index (χ3v) is 3.25. The predicted molar refractivity (Wildman–Crippen MR) is 91.2 cm³/mol. The molecule has 4 nitrogen and oxygen atoms in total. The number of nitrogens with zero attached hydrogens (tertiary/aromatic N) is 1. The van der Waals surface area contributed by atoms with Gasteiger partial charge in [0.1, 0.15) is 5.75 Å². The number of ketones is 1. The van der Waals surface area contributed by atoms with Gasteiger partial charge in [0.15, 0.2) is 5.78 Å². The van der Waals surface area contributed by atoms with Crippen molar-refractivity contribution in [1.82, 2.24) is 0 Å². The third kappa shape index (κ3) is 3.86. The topological polar surface area (TPSA) is 46.6 Å². The number of hydrogen-bond donors (Lipinski definition) is 0. The van der Waals surface area contributed by atoms with Crippen LogP contribution in [0.5, 0.6) is 5.75 Å². The van der Waals surface area contributed by atoms with Crippen molar-refractivity contribution in [3.05, 3.63) is 71.8 Å². The van der Waals surface area contributed by atoms with Crippen molar-refractivity contribution >= 4 is 17.4 Å². The molecule has 2 aromatic carbocycles. The van der Waals surface area contributed by atoms with Gasteiger partial charge in [-0.25, -0.2) is 4.79 Å². The summed E-state index contributed by atoms with van der Waals surface area (Å²) >= 11 is 0. The number of aryl methyl sites for hydroxylation is 1. The molecule has 0 spiro atoms. The Morgan fingerprint density at radius 3 is 2.43 bits per heavy atom. The lowest BCUT2D eigenvalue weighted by atomic mass is 10.0. The molecule has 0 N–H and O–H groups in total. The van der Waals surface area contributed by atoms with Crippen LogP contribution in [-0.4, -0.2) is 25.8 Å². The van der Waals surface area contributed by atoms with E-state index in [1.165, 1.54) is 18.2 Å². The van der Waals surface area contributed by atoms with E-state index < -0.39 is 18.6 Å². The van der Waals surface area contributed by atoms with Gasteiger partial charge in [0, 0.05) is 35.5 Å². The summed E-state index contributed by atoms with van der Waals surface area (Å²) in [5, 5.41) is 0. The minimum atomic E-state index is -2.38. The molecule has 4 heteroatoms. The normalized spacial score (nSPS) is 12.5. The van der Waals surface area contributed by atoms with Crippen molar-refractivity contribution in [1.29, 1.82) is 0 Å². The largest absolute Gasteiger partial charge is 0.423 e. The van der Waals surface area contributed by atoms with Gasteiger partial charge >= 0.3 is 5.97 Å². The lowest BCUT2D eigenvalue weighted by molar-refractivity contribution is -0.128. The summed E-state index contributed by atoms with van der Waals surface area (Å²) in [6.07, 6.45) is 0.970. The molecule has 0 amide bonds. The summed E-state index contributed by atoms with van der Waals surface area (Å²) in [5.41, 5.74) is 1.26. The fraction of sp³-hybridized carbons (Fsp3) is 0.158. The number of rotatable bonds is 5. The van der Waals surface area contributed by atoms with Crippen LogP contribution < -0.4 is 9.64 Å². The Hall–Kier alpha value is -2.88. The molecular formula is C19H19NO3. The lowest BCUT2D eigenvalue weighted by Crippen LogP contribution is -2.11. The van der Waals surface area contributed by atoms with Crippen molar-refractivity contribution in [2.24, 2.45) is 0 Å². The molecule has 0 aromatic heterocycles. The van der Waals surface area contributed by atoms with Crippen molar-refractivity contribution in [3.63, 3.8) is 0 Å². The number of benzene rings is 2. The number of anilines is 1. The molecule has 0 bridgehead atoms. The first-order chi connectivity index (χ1) is 12.1. The summed E-state index contributed by atoms with van der Waals surface area (Å²) in [7, 11) is 3.76. The zero-order valence-electron chi connectivity index (χ0n) is 16.0. The van der Waals surface area contributed by atoms with Gasteiger partial charge in [0.2, 0.25) is 0 Å². The highest BCUT2D eigenvalue weighted by Crippen LogP contribution is 2.24. The Labute approximate surface area is 140 Å². The Morgan fingerprint density at radius 1 is 1.17 bits per heavy atom. The van der Waals surface area contributed by atoms with E-state index in [0.717, 1.165) is 11.8 Å². The van der Waals surface area contributed by atoms with Gasteiger partial charge in [-0.3, -0.25) is 4.79 Å². The molecular weight excluding hydrogens is 290 g/mol. The zero-order chi connectivity index (χ0) is 19.5. The molecule has 0 unspecified atom stereocenters. The van der Waals surface area contributed by atoms with Crippen LogP contribution in [-0.2, 0) is 4.79 Å². The standard InChI is InChI=1S/C19H19NO3/c1-5-18(21)23-17-11-6-13(2)12-16(17)19(22)14-7-9-15(10-8-14)20(3)4/h5-12H,1H2,2-4H3/i2D3. The fourth-order valence-electron chi connectivity index (χ4n) is 2.01. The fourth-order valence-corrected chi connectivity index (χ4v) is 2.01. The van der Waals surface area contributed by atoms with E-state index >= 15 is 0 Å². The number of carbonyl (C=O) groups is 2. The summed E-state index contributed by atoms with van der Waals surface area (Å²) in [5.74, 6) is -1.18. The molecule has 2 aromatic rings. The van der Waals surface area contributed by atoms with E-state index in [-0.39, 0.29) is 16.9 Å². The monoisotopic (exact) mass is 312 g/mol. The van der Waals surface area contributed by atoms with Crippen LogP contribution in [0.25, 0.3) is 0 Å². The Balaban J connectivity index is 2.50. The highest BCUT2D eigenvalue weighted by Gasteiger charge is 2.16. The number of ether oxygens (including phenoxy) is 1. The van der Waals surface area contributed by atoms with E-state index in [0.29, 0.717) is 5.56 Å². The van der Waals surface area contributed by atoms with Crippen LogP contribution in [0.3, 0.4) is 0 Å². The Kier molecular flexibility index (Phi) is 3.80. The molecule has 0 saturated carbocycles. The quantitative estimate of drug-likeness (QED) is 0.367. The first-order valence-corrected chi connectivity index (χ1v) is 6.94. The van der Waals surface area contributed by atoms with Crippen molar-refractivity contribution in [2.45, 2.75) is 6.85 Å².